The van der Waals surface area contributed by atoms with Gasteiger partial charge in [-0.3, -0.25) is 14.4 Å². The van der Waals surface area contributed by atoms with Gasteiger partial charge in [-0.15, -0.1) is 0 Å². The van der Waals surface area contributed by atoms with Gasteiger partial charge < -0.3 is 19.9 Å². The molecule has 1 aliphatic rings. The summed E-state index contributed by atoms with van der Waals surface area (Å²) in [5, 5.41) is 2.68. The second-order valence-electron chi connectivity index (χ2n) is 6.72. The average Bonchev–Trinajstić information content (AvgIpc) is 2.85. The molecule has 0 bridgehead atoms. The van der Waals surface area contributed by atoms with Crippen LogP contribution < -0.4 is 10.1 Å². The molecule has 1 fully saturated rings. The quantitative estimate of drug-likeness (QED) is 0.889. The number of methoxy groups -OCH3 is 1. The van der Waals surface area contributed by atoms with Crippen LogP contribution >= 0.6 is 0 Å². The van der Waals surface area contributed by atoms with E-state index in [9.17, 15) is 14.4 Å². The number of amides is 3. The molecule has 26 heavy (non-hydrogen) atoms. The number of carbonyl (C=O) groups is 3. The normalized spacial score (nSPS) is 14.8. The number of hydrogen-bond donors (Lipinski definition) is 1. The van der Waals surface area contributed by atoms with Crippen LogP contribution in [-0.2, 0) is 9.59 Å². The number of hydrogen-bond acceptors (Lipinski definition) is 4. The molecule has 0 aromatic heterocycles. The molecule has 0 unspecified atom stereocenters. The molecular formula is C19H27N3O4. The molecule has 0 atom stereocenters. The Labute approximate surface area is 154 Å². The summed E-state index contributed by atoms with van der Waals surface area (Å²) in [4.78, 5) is 40.0. The molecule has 142 valence electrons. The first-order valence-corrected chi connectivity index (χ1v) is 8.87. The largest absolute Gasteiger partial charge is 0.495 e. The third-order valence-electron chi connectivity index (χ3n) is 4.35. The molecule has 1 aromatic rings. The molecule has 7 nitrogen and oxygen atoms in total. The Balaban J connectivity index is 2.13. The van der Waals surface area contributed by atoms with Crippen LogP contribution in [0, 0.1) is 5.92 Å². The van der Waals surface area contributed by atoms with E-state index in [2.05, 4.69) is 5.32 Å². The summed E-state index contributed by atoms with van der Waals surface area (Å²) < 4.78 is 5.23. The van der Waals surface area contributed by atoms with Crippen molar-refractivity contribution in [2.24, 2.45) is 5.92 Å². The third-order valence-corrected chi connectivity index (χ3v) is 4.35. The molecule has 7 heteroatoms. The van der Waals surface area contributed by atoms with Crippen LogP contribution in [0.4, 0.5) is 5.69 Å². The Morgan fingerprint density at radius 3 is 2.35 bits per heavy atom. The Kier molecular flexibility index (Phi) is 6.60. The van der Waals surface area contributed by atoms with E-state index < -0.39 is 0 Å². The van der Waals surface area contributed by atoms with Crippen molar-refractivity contribution in [3.8, 4) is 5.75 Å². The fourth-order valence-corrected chi connectivity index (χ4v) is 3.02. The van der Waals surface area contributed by atoms with Crippen molar-refractivity contribution in [2.45, 2.75) is 27.2 Å². The average molecular weight is 361 g/mol. The van der Waals surface area contributed by atoms with E-state index >= 15 is 0 Å². The Morgan fingerprint density at radius 2 is 1.73 bits per heavy atom. The van der Waals surface area contributed by atoms with Gasteiger partial charge in [0.1, 0.15) is 5.75 Å². The lowest BCUT2D eigenvalue weighted by Crippen LogP contribution is -2.39. The van der Waals surface area contributed by atoms with Crippen molar-refractivity contribution in [2.75, 3.05) is 38.6 Å². The van der Waals surface area contributed by atoms with Crippen molar-refractivity contribution in [3.63, 3.8) is 0 Å². The minimum Gasteiger partial charge on any atom is -0.495 e. The highest BCUT2D eigenvalue weighted by atomic mass is 16.5. The van der Waals surface area contributed by atoms with Gasteiger partial charge in [0, 0.05) is 44.6 Å². The van der Waals surface area contributed by atoms with E-state index in [1.165, 1.54) is 14.0 Å². The van der Waals surface area contributed by atoms with Crippen LogP contribution in [0.2, 0.25) is 0 Å². The number of nitrogens with one attached hydrogen (secondary N) is 1. The topological polar surface area (TPSA) is 79.0 Å². The van der Waals surface area contributed by atoms with Crippen LogP contribution in [-0.4, -0.2) is 60.8 Å². The maximum Gasteiger partial charge on any atom is 0.253 e. The van der Waals surface area contributed by atoms with Gasteiger partial charge in [-0.25, -0.2) is 0 Å². The summed E-state index contributed by atoms with van der Waals surface area (Å²) in [6.07, 6.45) is 0.749. The zero-order chi connectivity index (χ0) is 19.3. The number of ether oxygens (including phenoxy) is 1. The molecule has 1 aliphatic heterocycles. The fourth-order valence-electron chi connectivity index (χ4n) is 3.02. The first-order valence-electron chi connectivity index (χ1n) is 8.87. The van der Waals surface area contributed by atoms with E-state index in [-0.39, 0.29) is 23.6 Å². The van der Waals surface area contributed by atoms with Crippen molar-refractivity contribution < 1.29 is 19.1 Å². The van der Waals surface area contributed by atoms with Crippen molar-refractivity contribution >= 4 is 23.4 Å². The van der Waals surface area contributed by atoms with Gasteiger partial charge >= 0.3 is 0 Å². The van der Waals surface area contributed by atoms with Gasteiger partial charge in [-0.2, -0.15) is 0 Å². The van der Waals surface area contributed by atoms with Gasteiger partial charge in [0.15, 0.2) is 0 Å². The zero-order valence-electron chi connectivity index (χ0n) is 15.9. The van der Waals surface area contributed by atoms with Crippen molar-refractivity contribution in [1.29, 1.82) is 0 Å². The van der Waals surface area contributed by atoms with Gasteiger partial charge in [-0.05, 0) is 24.6 Å². The summed E-state index contributed by atoms with van der Waals surface area (Å²) in [6, 6.07) is 4.99. The molecular weight excluding hydrogens is 334 g/mol. The van der Waals surface area contributed by atoms with Crippen LogP contribution in [0.25, 0.3) is 0 Å². The summed E-state index contributed by atoms with van der Waals surface area (Å²) in [5.74, 6) is 0.237. The third kappa shape index (κ3) is 4.74. The zero-order valence-corrected chi connectivity index (χ0v) is 15.9. The first kappa shape index (κ1) is 19.8. The molecule has 1 heterocycles. The molecule has 1 aromatic carbocycles. The van der Waals surface area contributed by atoms with E-state index in [1.54, 1.807) is 23.1 Å². The standard InChI is InChI=1S/C19H27N3O4/c1-13(2)18(24)21-8-5-9-22(11-10-21)19(25)15-6-7-17(26-4)16(12-15)20-14(3)23/h6-7,12-13H,5,8-11H2,1-4H3,(H,20,23). The van der Waals surface area contributed by atoms with Crippen LogP contribution in [0.5, 0.6) is 5.75 Å². The van der Waals surface area contributed by atoms with Crippen LogP contribution in [0.15, 0.2) is 18.2 Å². The number of benzene rings is 1. The number of rotatable bonds is 4. The molecule has 0 saturated carbocycles. The minimum atomic E-state index is -0.231. The number of nitrogens with zero attached hydrogens (tertiary/aromatic N) is 2. The molecule has 1 saturated heterocycles. The van der Waals surface area contributed by atoms with E-state index in [1.807, 2.05) is 18.7 Å². The number of anilines is 1. The maximum atomic E-state index is 12.9. The lowest BCUT2D eigenvalue weighted by molar-refractivity contribution is -0.134. The lowest BCUT2D eigenvalue weighted by atomic mass is 10.1. The van der Waals surface area contributed by atoms with E-state index in [0.29, 0.717) is 43.2 Å². The molecule has 2 rings (SSSR count). The van der Waals surface area contributed by atoms with Crippen molar-refractivity contribution in [1.82, 2.24) is 9.80 Å². The molecule has 0 radical (unpaired) electrons. The number of carbonyl (C=O) groups excluding carboxylic acids is 3. The molecule has 0 spiro atoms. The van der Waals surface area contributed by atoms with Crippen LogP contribution in [0.1, 0.15) is 37.6 Å². The summed E-state index contributed by atoms with van der Waals surface area (Å²) in [5.41, 5.74) is 0.954. The van der Waals surface area contributed by atoms with Gasteiger partial charge in [-0.1, -0.05) is 13.8 Å². The molecule has 3 amide bonds. The highest BCUT2D eigenvalue weighted by Crippen LogP contribution is 2.26. The summed E-state index contributed by atoms with van der Waals surface area (Å²) >= 11 is 0. The second-order valence-corrected chi connectivity index (χ2v) is 6.72. The fraction of sp³-hybridized carbons (Fsp3) is 0.526. The monoisotopic (exact) mass is 361 g/mol. The minimum absolute atomic E-state index is 0.0425. The van der Waals surface area contributed by atoms with Crippen LogP contribution in [0.3, 0.4) is 0 Å². The molecule has 0 aliphatic carbocycles. The summed E-state index contributed by atoms with van der Waals surface area (Å²) in [6.45, 7) is 7.48. The maximum absolute atomic E-state index is 12.9. The van der Waals surface area contributed by atoms with Crippen molar-refractivity contribution in [3.05, 3.63) is 23.8 Å². The predicted molar refractivity (Wildman–Crippen MR) is 99.2 cm³/mol. The Bertz CT molecular complexity index is 687. The predicted octanol–water partition coefficient (Wildman–Crippen LogP) is 1.98. The first-order chi connectivity index (χ1) is 12.3. The van der Waals surface area contributed by atoms with Gasteiger partial charge in [0.25, 0.3) is 5.91 Å². The smallest absolute Gasteiger partial charge is 0.253 e. The lowest BCUT2D eigenvalue weighted by Gasteiger charge is -2.23. The van der Waals surface area contributed by atoms with E-state index in [4.69, 9.17) is 4.74 Å². The SMILES string of the molecule is COc1ccc(C(=O)N2CCCN(C(=O)C(C)C)CC2)cc1NC(C)=O. The molecule has 1 N–H and O–H groups in total. The van der Waals surface area contributed by atoms with Gasteiger partial charge in [0.05, 0.1) is 12.8 Å². The van der Waals surface area contributed by atoms with E-state index in [0.717, 1.165) is 6.42 Å². The Morgan fingerprint density at radius 1 is 1.08 bits per heavy atom. The Hall–Kier alpha value is -2.57. The second kappa shape index (κ2) is 8.69. The highest BCUT2D eigenvalue weighted by Gasteiger charge is 2.24. The summed E-state index contributed by atoms with van der Waals surface area (Å²) in [7, 11) is 1.51. The highest BCUT2D eigenvalue weighted by molar-refractivity contribution is 5.98. The van der Waals surface area contributed by atoms with Gasteiger partial charge in [0.2, 0.25) is 11.8 Å².